The van der Waals surface area contributed by atoms with Crippen molar-refractivity contribution in [3.05, 3.63) is 0 Å². The maximum absolute atomic E-state index is 11.6. The van der Waals surface area contributed by atoms with Gasteiger partial charge in [-0.15, -0.1) is 0 Å². The molecule has 1 aromatic heterocycles. The number of thioether (sulfide) groups is 1. The first-order valence-corrected chi connectivity index (χ1v) is 8.81. The summed E-state index contributed by atoms with van der Waals surface area (Å²) < 4.78 is 5.11. The third-order valence-electron chi connectivity index (χ3n) is 2.41. The molecule has 0 saturated heterocycles. The van der Waals surface area contributed by atoms with Gasteiger partial charge >= 0.3 is 18.0 Å². The highest BCUT2D eigenvalue weighted by molar-refractivity contribution is 7.99. The number of anilines is 2. The topological polar surface area (TPSA) is 176 Å². The van der Waals surface area contributed by atoms with E-state index in [2.05, 4.69) is 30.9 Å². The number of carbonyl (C=O) groups excluding carboxylic acids is 1. The highest BCUT2D eigenvalue weighted by Crippen LogP contribution is 2.16. The number of carbonyl (C=O) groups is 3. The summed E-state index contributed by atoms with van der Waals surface area (Å²) in [6.07, 6.45) is -0.550. The van der Waals surface area contributed by atoms with E-state index in [9.17, 15) is 14.4 Å². The van der Waals surface area contributed by atoms with Gasteiger partial charge in [0, 0.05) is 12.3 Å². The van der Waals surface area contributed by atoms with Gasteiger partial charge in [0.05, 0.1) is 0 Å². The molecule has 0 aliphatic rings. The molecule has 0 fully saturated rings. The molecule has 1 rings (SSSR count). The van der Waals surface area contributed by atoms with Crippen LogP contribution in [-0.4, -0.2) is 74.2 Å². The summed E-state index contributed by atoms with van der Waals surface area (Å²) in [5.41, 5.74) is -0.596. The van der Waals surface area contributed by atoms with Gasteiger partial charge in [-0.1, -0.05) is 11.8 Å². The standard InChI is InChI=1S/C14H22N6O6S/c1-14(2,3)26-13(25)15-4-5-27-12-19-10(16-6-8(21)22)18-11(20-12)17-7-9(23)24/h4-7H2,1-3H3,(H,15,25)(H,21,22)(H,23,24)(H2,16,17,18,19,20). The second-order valence-electron chi connectivity index (χ2n) is 6.04. The Labute approximate surface area is 159 Å². The van der Waals surface area contributed by atoms with Gasteiger partial charge in [0.2, 0.25) is 11.9 Å². The first-order chi connectivity index (χ1) is 12.5. The summed E-state index contributed by atoms with van der Waals surface area (Å²) in [7, 11) is 0. The lowest BCUT2D eigenvalue weighted by Crippen LogP contribution is -2.33. The number of ether oxygens (including phenoxy) is 1. The number of hydrogen-bond donors (Lipinski definition) is 5. The van der Waals surface area contributed by atoms with Crippen LogP contribution in [0.4, 0.5) is 16.7 Å². The molecule has 27 heavy (non-hydrogen) atoms. The van der Waals surface area contributed by atoms with E-state index < -0.39 is 36.7 Å². The van der Waals surface area contributed by atoms with E-state index in [1.165, 1.54) is 11.8 Å². The van der Waals surface area contributed by atoms with Gasteiger partial charge in [-0.2, -0.15) is 15.0 Å². The van der Waals surface area contributed by atoms with Gasteiger partial charge in [0.25, 0.3) is 0 Å². The van der Waals surface area contributed by atoms with Crippen LogP contribution in [0.2, 0.25) is 0 Å². The van der Waals surface area contributed by atoms with E-state index >= 15 is 0 Å². The summed E-state index contributed by atoms with van der Waals surface area (Å²) in [6.45, 7) is 4.72. The van der Waals surface area contributed by atoms with Gasteiger partial charge in [-0.05, 0) is 20.8 Å². The SMILES string of the molecule is CC(C)(C)OC(=O)NCCSc1nc(NCC(=O)O)nc(NCC(=O)O)n1. The Morgan fingerprint density at radius 2 is 1.52 bits per heavy atom. The van der Waals surface area contributed by atoms with Crippen LogP contribution in [-0.2, 0) is 14.3 Å². The third-order valence-corrected chi connectivity index (χ3v) is 3.26. The maximum atomic E-state index is 11.6. The zero-order valence-electron chi connectivity index (χ0n) is 15.1. The number of nitrogens with zero attached hydrogens (tertiary/aromatic N) is 3. The second-order valence-corrected chi connectivity index (χ2v) is 7.10. The number of aliphatic carboxylic acids is 2. The summed E-state index contributed by atoms with van der Waals surface area (Å²) in [4.78, 5) is 44.8. The van der Waals surface area contributed by atoms with Crippen molar-refractivity contribution in [1.82, 2.24) is 20.3 Å². The number of carboxylic acid groups (broad SMARTS) is 2. The zero-order chi connectivity index (χ0) is 20.4. The summed E-state index contributed by atoms with van der Waals surface area (Å²) in [6, 6.07) is 0. The molecular weight excluding hydrogens is 380 g/mol. The molecule has 0 saturated carbocycles. The Hall–Kier alpha value is -2.83. The molecule has 13 heteroatoms. The van der Waals surface area contributed by atoms with E-state index in [0.29, 0.717) is 5.75 Å². The number of rotatable bonds is 10. The van der Waals surface area contributed by atoms with E-state index in [1.54, 1.807) is 20.8 Å². The predicted molar refractivity (Wildman–Crippen MR) is 97.0 cm³/mol. The molecule has 1 aromatic rings. The molecule has 0 aliphatic carbocycles. The van der Waals surface area contributed by atoms with Crippen LogP contribution in [0, 0.1) is 0 Å². The quantitative estimate of drug-likeness (QED) is 0.271. The average Bonchev–Trinajstić information content (AvgIpc) is 2.53. The largest absolute Gasteiger partial charge is 0.480 e. The van der Waals surface area contributed by atoms with Gasteiger partial charge in [0.15, 0.2) is 5.16 Å². The first kappa shape index (κ1) is 22.2. The normalized spacial score (nSPS) is 10.8. The van der Waals surface area contributed by atoms with Crippen LogP contribution in [0.5, 0.6) is 0 Å². The molecule has 1 amide bonds. The van der Waals surface area contributed by atoms with Crippen LogP contribution in [0.25, 0.3) is 0 Å². The third kappa shape index (κ3) is 10.7. The molecule has 0 radical (unpaired) electrons. The Kier molecular flexibility index (Phi) is 8.51. The molecule has 0 bridgehead atoms. The van der Waals surface area contributed by atoms with Crippen molar-refractivity contribution in [2.45, 2.75) is 31.5 Å². The minimum absolute atomic E-state index is 0.0112. The van der Waals surface area contributed by atoms with E-state index in [1.807, 2.05) is 0 Å². The Morgan fingerprint density at radius 3 is 1.96 bits per heavy atom. The number of carboxylic acids is 2. The summed E-state index contributed by atoms with van der Waals surface area (Å²) in [5.74, 6) is -1.83. The van der Waals surface area contributed by atoms with Crippen molar-refractivity contribution in [1.29, 1.82) is 0 Å². The number of alkyl carbamates (subject to hydrolysis) is 1. The van der Waals surface area contributed by atoms with Crippen LogP contribution in [0.3, 0.4) is 0 Å². The van der Waals surface area contributed by atoms with Crippen LogP contribution in [0.15, 0.2) is 5.16 Å². The van der Waals surface area contributed by atoms with Crippen LogP contribution >= 0.6 is 11.8 Å². The minimum atomic E-state index is -1.11. The molecule has 5 N–H and O–H groups in total. The predicted octanol–water partition coefficient (Wildman–Crippen LogP) is 0.481. The van der Waals surface area contributed by atoms with Crippen molar-refractivity contribution in [3.63, 3.8) is 0 Å². The fourth-order valence-corrected chi connectivity index (χ4v) is 2.19. The van der Waals surface area contributed by atoms with E-state index in [4.69, 9.17) is 14.9 Å². The van der Waals surface area contributed by atoms with Gasteiger partial charge in [-0.25, -0.2) is 4.79 Å². The zero-order valence-corrected chi connectivity index (χ0v) is 15.9. The fraction of sp³-hybridized carbons (Fsp3) is 0.571. The molecule has 12 nitrogen and oxygen atoms in total. The average molecular weight is 402 g/mol. The highest BCUT2D eigenvalue weighted by Gasteiger charge is 2.15. The highest BCUT2D eigenvalue weighted by atomic mass is 32.2. The van der Waals surface area contributed by atoms with Crippen molar-refractivity contribution in [2.24, 2.45) is 0 Å². The minimum Gasteiger partial charge on any atom is -0.480 e. The molecule has 0 aromatic carbocycles. The molecule has 1 heterocycles. The van der Waals surface area contributed by atoms with E-state index in [-0.39, 0.29) is 23.6 Å². The molecule has 0 unspecified atom stereocenters. The number of nitrogens with one attached hydrogen (secondary N) is 3. The maximum Gasteiger partial charge on any atom is 0.407 e. The number of hydrogen-bond acceptors (Lipinski definition) is 10. The van der Waals surface area contributed by atoms with Gasteiger partial charge < -0.3 is 30.9 Å². The van der Waals surface area contributed by atoms with Gasteiger partial charge in [0.1, 0.15) is 18.7 Å². The lowest BCUT2D eigenvalue weighted by Gasteiger charge is -2.19. The molecule has 0 spiro atoms. The molecule has 0 aliphatic heterocycles. The second kappa shape index (κ2) is 10.4. The number of amides is 1. The Bertz CT molecular complexity index is 644. The van der Waals surface area contributed by atoms with Crippen molar-refractivity contribution in [2.75, 3.05) is 36.0 Å². The lowest BCUT2D eigenvalue weighted by atomic mass is 10.2. The van der Waals surface area contributed by atoms with Crippen molar-refractivity contribution in [3.8, 4) is 0 Å². The van der Waals surface area contributed by atoms with Crippen molar-refractivity contribution >= 4 is 41.7 Å². The molecule has 150 valence electrons. The van der Waals surface area contributed by atoms with Crippen LogP contribution in [0.1, 0.15) is 20.8 Å². The number of aromatic nitrogens is 3. The summed E-state index contributed by atoms with van der Waals surface area (Å²) in [5, 5.41) is 25.2. The molecule has 0 atom stereocenters. The fourth-order valence-electron chi connectivity index (χ4n) is 1.50. The van der Waals surface area contributed by atoms with E-state index in [0.717, 1.165) is 0 Å². The van der Waals surface area contributed by atoms with Gasteiger partial charge in [-0.3, -0.25) is 9.59 Å². The Balaban J connectivity index is 2.64. The smallest absolute Gasteiger partial charge is 0.407 e. The van der Waals surface area contributed by atoms with Crippen LogP contribution < -0.4 is 16.0 Å². The Morgan fingerprint density at radius 1 is 1.00 bits per heavy atom. The molecular formula is C14H22N6O6S. The summed E-state index contributed by atoms with van der Waals surface area (Å²) >= 11 is 1.17. The first-order valence-electron chi connectivity index (χ1n) is 7.82. The van der Waals surface area contributed by atoms with Crippen molar-refractivity contribution < 1.29 is 29.3 Å². The monoisotopic (exact) mass is 402 g/mol. The lowest BCUT2D eigenvalue weighted by molar-refractivity contribution is -0.135.